The minimum atomic E-state index is -0.493. The van der Waals surface area contributed by atoms with Gasteiger partial charge in [-0.05, 0) is 56.5 Å². The van der Waals surface area contributed by atoms with Gasteiger partial charge in [0.15, 0.2) is 6.61 Å². The van der Waals surface area contributed by atoms with Gasteiger partial charge in [0.25, 0.3) is 5.91 Å². The van der Waals surface area contributed by atoms with Crippen molar-refractivity contribution in [3.8, 4) is 5.75 Å². The third-order valence-electron chi connectivity index (χ3n) is 5.40. The first-order valence-corrected chi connectivity index (χ1v) is 12.7. The molecular formula is C24H28FN5O3S. The lowest BCUT2D eigenvalue weighted by molar-refractivity contribution is -0.123. The summed E-state index contributed by atoms with van der Waals surface area (Å²) in [5.74, 6) is 2.11. The molecule has 1 aliphatic heterocycles. The van der Waals surface area contributed by atoms with Gasteiger partial charge in [-0.3, -0.25) is 4.79 Å². The minimum Gasteiger partial charge on any atom is -0.481 e. The summed E-state index contributed by atoms with van der Waals surface area (Å²) >= 11 is 0. The number of aromatic nitrogens is 2. The predicted octanol–water partition coefficient (Wildman–Crippen LogP) is 3.92. The fourth-order valence-corrected chi connectivity index (χ4v) is 5.62. The number of benzene rings is 2. The quantitative estimate of drug-likeness (QED) is 0.446. The molecule has 0 radical (unpaired) electrons. The number of hydrogen-bond donors (Lipinski definition) is 3. The minimum absolute atomic E-state index is 0.0847. The zero-order chi connectivity index (χ0) is 24.1. The third kappa shape index (κ3) is 5.87. The van der Waals surface area contributed by atoms with Gasteiger partial charge in [-0.2, -0.15) is 0 Å². The van der Waals surface area contributed by atoms with Crippen LogP contribution in [0.2, 0.25) is 0 Å². The zero-order valence-corrected chi connectivity index (χ0v) is 20.0. The normalized spacial score (nSPS) is 14.7. The van der Waals surface area contributed by atoms with Gasteiger partial charge in [-0.15, -0.1) is 0 Å². The number of aliphatic hydroxyl groups is 1. The summed E-state index contributed by atoms with van der Waals surface area (Å²) in [5, 5.41) is 15.7. The van der Waals surface area contributed by atoms with Gasteiger partial charge in [-0.25, -0.2) is 18.7 Å². The molecule has 0 bridgehead atoms. The Balaban J connectivity index is 1.60. The number of nitrogens with zero attached hydrogens (tertiary/aromatic N) is 3. The molecule has 0 spiro atoms. The molecule has 34 heavy (non-hydrogen) atoms. The first-order valence-electron chi connectivity index (χ1n) is 11.2. The van der Waals surface area contributed by atoms with E-state index in [9.17, 15) is 9.18 Å². The fraction of sp³-hybridized carbons (Fsp3) is 0.375. The van der Waals surface area contributed by atoms with Crippen LogP contribution < -0.4 is 15.4 Å². The largest absolute Gasteiger partial charge is 0.481 e. The van der Waals surface area contributed by atoms with E-state index in [1.807, 2.05) is 19.1 Å². The SMILES string of the molecule is Cc1cc(N=S2CCCC2)cc2ncnc(Nc3ccc(F)cc3OCC(=O)NC(C)CO)c12. The average molecular weight is 486 g/mol. The Kier molecular flexibility index (Phi) is 7.69. The topological polar surface area (TPSA) is 109 Å². The lowest BCUT2D eigenvalue weighted by Crippen LogP contribution is -2.38. The van der Waals surface area contributed by atoms with Gasteiger partial charge >= 0.3 is 0 Å². The van der Waals surface area contributed by atoms with Gasteiger partial charge in [0, 0.05) is 29.0 Å². The van der Waals surface area contributed by atoms with Crippen molar-refractivity contribution in [3.63, 3.8) is 0 Å². The van der Waals surface area contributed by atoms with Crippen LogP contribution in [0.25, 0.3) is 10.9 Å². The molecule has 3 N–H and O–H groups in total. The number of anilines is 2. The van der Waals surface area contributed by atoms with Crippen LogP contribution in [-0.4, -0.2) is 51.7 Å². The maximum Gasteiger partial charge on any atom is 0.258 e. The van der Waals surface area contributed by atoms with Crippen molar-refractivity contribution in [2.75, 3.05) is 30.0 Å². The Bertz CT molecular complexity index is 1230. The van der Waals surface area contributed by atoms with E-state index in [1.165, 1.54) is 37.4 Å². The Morgan fingerprint density at radius 2 is 2.06 bits per heavy atom. The third-order valence-corrected chi connectivity index (χ3v) is 7.39. The summed E-state index contributed by atoms with van der Waals surface area (Å²) in [7, 11) is 0.0847. The summed E-state index contributed by atoms with van der Waals surface area (Å²) in [6, 6.07) is 7.65. The van der Waals surface area contributed by atoms with Crippen LogP contribution in [0.3, 0.4) is 0 Å². The van der Waals surface area contributed by atoms with Crippen LogP contribution in [-0.2, 0) is 15.5 Å². The molecule has 1 atom stereocenters. The molecule has 1 amide bonds. The highest BCUT2D eigenvalue weighted by molar-refractivity contribution is 7.87. The molecule has 3 aromatic rings. The van der Waals surface area contributed by atoms with E-state index < -0.39 is 17.8 Å². The summed E-state index contributed by atoms with van der Waals surface area (Å²) < 4.78 is 24.4. The van der Waals surface area contributed by atoms with Gasteiger partial charge in [0.05, 0.1) is 23.5 Å². The molecule has 1 aliphatic rings. The molecular weight excluding hydrogens is 457 g/mol. The van der Waals surface area contributed by atoms with E-state index in [0.29, 0.717) is 11.5 Å². The Morgan fingerprint density at radius 3 is 2.82 bits per heavy atom. The Labute approximate surface area is 200 Å². The van der Waals surface area contributed by atoms with Gasteiger partial charge in [-0.1, -0.05) is 10.7 Å². The monoisotopic (exact) mass is 485 g/mol. The molecule has 1 unspecified atom stereocenters. The molecule has 2 aromatic carbocycles. The van der Waals surface area contributed by atoms with E-state index >= 15 is 0 Å². The number of ether oxygens (including phenoxy) is 1. The standard InChI is InChI=1S/C24H28FN5O3S/c1-15-9-18(30-34-7-3-4-8-34)11-20-23(15)24(27-14-26-20)29-19-6-5-17(25)10-21(19)33-13-22(32)28-16(2)12-31/h5-6,9-11,14,16,31H,3-4,7-8,12-13H2,1-2H3,(H,28,32)(H,26,27,29). The van der Waals surface area contributed by atoms with Gasteiger partial charge in [0.2, 0.25) is 0 Å². The molecule has 1 aromatic heterocycles. The van der Waals surface area contributed by atoms with Gasteiger partial charge < -0.3 is 20.5 Å². The molecule has 1 fully saturated rings. The molecule has 4 rings (SSSR count). The van der Waals surface area contributed by atoms with Crippen LogP contribution in [0.4, 0.5) is 21.6 Å². The van der Waals surface area contributed by atoms with Crippen LogP contribution in [0, 0.1) is 12.7 Å². The Morgan fingerprint density at radius 1 is 1.26 bits per heavy atom. The van der Waals surface area contributed by atoms with E-state index in [4.69, 9.17) is 14.2 Å². The van der Waals surface area contributed by atoms with E-state index in [-0.39, 0.29) is 29.7 Å². The van der Waals surface area contributed by atoms with E-state index in [0.717, 1.165) is 33.7 Å². The van der Waals surface area contributed by atoms with Crippen molar-refractivity contribution in [3.05, 3.63) is 48.0 Å². The second-order valence-corrected chi connectivity index (χ2v) is 10.2. The predicted molar refractivity (Wildman–Crippen MR) is 133 cm³/mol. The summed E-state index contributed by atoms with van der Waals surface area (Å²) in [4.78, 5) is 20.9. The van der Waals surface area contributed by atoms with Crippen molar-refractivity contribution in [2.45, 2.75) is 32.7 Å². The first-order chi connectivity index (χ1) is 16.4. The fourth-order valence-electron chi connectivity index (χ4n) is 3.75. The number of aliphatic hydroxyl groups excluding tert-OH is 1. The van der Waals surface area contributed by atoms with Crippen LogP contribution in [0.5, 0.6) is 5.75 Å². The second kappa shape index (κ2) is 10.9. The van der Waals surface area contributed by atoms with Crippen molar-refractivity contribution in [1.29, 1.82) is 0 Å². The smallest absolute Gasteiger partial charge is 0.258 e. The highest BCUT2D eigenvalue weighted by Crippen LogP contribution is 2.34. The van der Waals surface area contributed by atoms with Crippen LogP contribution >= 0.6 is 0 Å². The molecule has 1 saturated heterocycles. The number of carbonyl (C=O) groups excluding carboxylic acids is 1. The van der Waals surface area contributed by atoms with Crippen molar-refractivity contribution in [1.82, 2.24) is 15.3 Å². The number of fused-ring (bicyclic) bond motifs is 1. The van der Waals surface area contributed by atoms with Crippen LogP contribution in [0.1, 0.15) is 25.3 Å². The second-order valence-electron chi connectivity index (χ2n) is 8.25. The lowest BCUT2D eigenvalue weighted by atomic mass is 10.1. The molecule has 0 aliphatic carbocycles. The summed E-state index contributed by atoms with van der Waals surface area (Å²) in [6.45, 7) is 3.15. The highest BCUT2D eigenvalue weighted by atomic mass is 32.2. The van der Waals surface area contributed by atoms with Crippen molar-refractivity contribution >= 4 is 44.7 Å². The van der Waals surface area contributed by atoms with E-state index in [1.54, 1.807) is 6.92 Å². The first kappa shape index (κ1) is 24.0. The number of rotatable bonds is 8. The molecule has 2 heterocycles. The molecule has 10 heteroatoms. The van der Waals surface area contributed by atoms with Crippen molar-refractivity contribution < 1.29 is 19.0 Å². The number of aryl methyl sites for hydroxylation is 1. The molecule has 180 valence electrons. The molecule has 8 nitrogen and oxygen atoms in total. The number of hydrogen-bond acceptors (Lipinski definition) is 7. The lowest BCUT2D eigenvalue weighted by Gasteiger charge is -2.16. The summed E-state index contributed by atoms with van der Waals surface area (Å²) in [5.41, 5.74) is 3.13. The number of amides is 1. The number of nitrogens with one attached hydrogen (secondary N) is 2. The molecule has 0 saturated carbocycles. The Hall–Kier alpha value is -3.11. The average Bonchev–Trinajstić information content (AvgIpc) is 3.32. The number of carbonyl (C=O) groups is 1. The van der Waals surface area contributed by atoms with Gasteiger partial charge in [0.1, 0.15) is 23.7 Å². The summed E-state index contributed by atoms with van der Waals surface area (Å²) in [6.07, 6.45) is 3.94. The van der Waals surface area contributed by atoms with Crippen molar-refractivity contribution in [2.24, 2.45) is 4.36 Å². The zero-order valence-electron chi connectivity index (χ0n) is 19.2. The van der Waals surface area contributed by atoms with Crippen LogP contribution in [0.15, 0.2) is 41.0 Å². The highest BCUT2D eigenvalue weighted by Gasteiger charge is 2.15. The maximum absolute atomic E-state index is 13.9. The number of halogens is 1. The maximum atomic E-state index is 13.9. The van der Waals surface area contributed by atoms with E-state index in [2.05, 4.69) is 20.6 Å².